The molecule has 2 atom stereocenters. The number of fused-ring (bicyclic) bond motifs is 2. The van der Waals surface area contributed by atoms with Gasteiger partial charge in [0.05, 0.1) is 35.1 Å². The van der Waals surface area contributed by atoms with Gasteiger partial charge in [-0.3, -0.25) is 14.5 Å². The third-order valence-electron chi connectivity index (χ3n) is 6.67. The van der Waals surface area contributed by atoms with Crippen LogP contribution in [0.15, 0.2) is 51.6 Å². The Morgan fingerprint density at radius 3 is 2.44 bits per heavy atom. The summed E-state index contributed by atoms with van der Waals surface area (Å²) in [6, 6.07) is 6.42. The number of carboxylic acids is 1. The molecule has 1 unspecified atom stereocenters. The maximum atomic E-state index is 13.6. The number of carbonyl (C=O) groups is 6. The van der Waals surface area contributed by atoms with Crippen molar-refractivity contribution in [2.75, 3.05) is 24.7 Å². The monoisotopic (exact) mass is 683 g/mol. The van der Waals surface area contributed by atoms with Crippen LogP contribution in [-0.4, -0.2) is 86.9 Å². The number of nitrogens with zero attached hydrogens (tertiary/aromatic N) is 3. The number of β-lactam (4-membered cyclic amide) rings is 1. The predicted octanol–water partition coefficient (Wildman–Crippen LogP) is -0.722. The second-order valence-corrected chi connectivity index (χ2v) is 12.9. The summed E-state index contributed by atoms with van der Waals surface area (Å²) in [4.78, 5) is 82.1. The van der Waals surface area contributed by atoms with E-state index in [0.717, 1.165) is 36.8 Å². The van der Waals surface area contributed by atoms with Crippen molar-refractivity contribution in [1.82, 2.24) is 14.8 Å². The fourth-order valence-corrected chi connectivity index (χ4v) is 8.24. The van der Waals surface area contributed by atoms with Crippen LogP contribution in [0.25, 0.3) is 10.2 Å². The number of hydrogen-bond donors (Lipinski definition) is 0. The van der Waals surface area contributed by atoms with Gasteiger partial charge in [-0.1, -0.05) is 23.9 Å². The largest absolute Gasteiger partial charge is 1.00 e. The molecule has 2 amide bonds. The number of rotatable bonds is 15. The van der Waals surface area contributed by atoms with Gasteiger partial charge in [-0.25, -0.2) is 14.6 Å². The molecule has 1 fully saturated rings. The Bertz CT molecular complexity index is 1470. The zero-order valence-electron chi connectivity index (χ0n) is 25.0. The zero-order chi connectivity index (χ0) is 31.8. The summed E-state index contributed by atoms with van der Waals surface area (Å²) < 4.78 is 11.7. The van der Waals surface area contributed by atoms with Crippen LogP contribution in [0, 0.1) is 0 Å². The van der Waals surface area contributed by atoms with Gasteiger partial charge in [0.25, 0.3) is 5.91 Å². The van der Waals surface area contributed by atoms with Crippen LogP contribution >= 0.6 is 34.9 Å². The standard InChI is InChI=1S/C29H31N3O9S3.Na/c1-3-40-27(38)18(28(39)41-4-2)14-31(21(34)12-6-5-9-13-33)23-24(35)32-22(26(36)37)17(15-42-25(23)32)16-43-29-30-19-10-7-8-11-20(19)44-29;/h7-8,10-11,13-14,23,25H,3-6,9,12,15-16H2,1-2H3,(H,36,37);/q;+1/p-1/t23?,25-;/m0./s1. The van der Waals surface area contributed by atoms with Gasteiger partial charge in [-0.2, -0.15) is 0 Å². The van der Waals surface area contributed by atoms with Crippen molar-refractivity contribution in [3.8, 4) is 0 Å². The average molecular weight is 684 g/mol. The van der Waals surface area contributed by atoms with Crippen molar-refractivity contribution in [3.05, 3.63) is 47.3 Å². The molecule has 1 saturated heterocycles. The molecule has 0 N–H and O–H groups in total. The zero-order valence-corrected chi connectivity index (χ0v) is 29.5. The summed E-state index contributed by atoms with van der Waals surface area (Å²) in [7, 11) is 0. The first kappa shape index (κ1) is 36.8. The molecule has 12 nitrogen and oxygen atoms in total. The Labute approximate surface area is 294 Å². The van der Waals surface area contributed by atoms with E-state index in [-0.39, 0.29) is 72.8 Å². The summed E-state index contributed by atoms with van der Waals surface area (Å²) >= 11 is 4.10. The summed E-state index contributed by atoms with van der Waals surface area (Å²) in [6.07, 6.45) is 2.58. The maximum Gasteiger partial charge on any atom is 1.00 e. The topological polar surface area (TPSA) is 163 Å². The van der Waals surface area contributed by atoms with Gasteiger partial charge in [0.15, 0.2) is 9.91 Å². The number of para-hydroxylation sites is 1. The van der Waals surface area contributed by atoms with Gasteiger partial charge < -0.3 is 29.1 Å². The van der Waals surface area contributed by atoms with E-state index in [9.17, 15) is 33.9 Å². The number of carbonyl (C=O) groups excluding carboxylic acids is 6. The van der Waals surface area contributed by atoms with Gasteiger partial charge in [0.2, 0.25) is 5.91 Å². The Hall–Kier alpha value is -2.69. The number of aldehydes is 1. The first-order valence-electron chi connectivity index (χ1n) is 13.9. The molecule has 0 radical (unpaired) electrons. The SMILES string of the molecule is CCOC(=O)C(=CN(C(=O)CCCCC=O)C1C(=O)N2C(C(=O)[O-])=C(CSc3nc4ccccc4s3)CS[C@@H]12)C(=O)OCC.[Na+]. The first-order chi connectivity index (χ1) is 21.2. The summed E-state index contributed by atoms with van der Waals surface area (Å²) in [5.41, 5.74) is 0.470. The molecular weight excluding hydrogens is 654 g/mol. The van der Waals surface area contributed by atoms with Gasteiger partial charge >= 0.3 is 41.5 Å². The minimum atomic E-state index is -1.52. The number of thioether (sulfide) groups is 2. The minimum Gasteiger partial charge on any atom is -0.543 e. The third kappa shape index (κ3) is 8.57. The summed E-state index contributed by atoms with van der Waals surface area (Å²) in [6.45, 7) is 2.98. The molecule has 4 rings (SSSR count). The smallest absolute Gasteiger partial charge is 0.543 e. The molecule has 2 aliphatic heterocycles. The van der Waals surface area contributed by atoms with E-state index in [4.69, 9.17) is 9.47 Å². The number of aliphatic carboxylic acids is 1. The molecule has 0 bridgehead atoms. The number of ether oxygens (including phenoxy) is 2. The van der Waals surface area contributed by atoms with E-state index < -0.39 is 46.7 Å². The van der Waals surface area contributed by atoms with E-state index in [1.165, 1.54) is 34.9 Å². The van der Waals surface area contributed by atoms with Crippen molar-refractivity contribution < 1.29 is 72.9 Å². The van der Waals surface area contributed by atoms with E-state index >= 15 is 0 Å². The maximum absolute atomic E-state index is 13.6. The van der Waals surface area contributed by atoms with Gasteiger partial charge in [-0.05, 0) is 44.4 Å². The van der Waals surface area contributed by atoms with Crippen molar-refractivity contribution in [3.63, 3.8) is 0 Å². The molecule has 0 saturated carbocycles. The molecule has 2 aliphatic rings. The van der Waals surface area contributed by atoms with Crippen LogP contribution in [0.2, 0.25) is 0 Å². The third-order valence-corrected chi connectivity index (χ3v) is 10.3. The average Bonchev–Trinajstić information content (AvgIpc) is 3.42. The van der Waals surface area contributed by atoms with E-state index in [0.29, 0.717) is 18.4 Å². The van der Waals surface area contributed by atoms with E-state index in [1.54, 1.807) is 13.8 Å². The molecule has 1 aromatic carbocycles. The Kier molecular flexibility index (Phi) is 14.1. The Balaban J connectivity index is 0.00000552. The molecule has 1 aromatic heterocycles. The molecule has 2 aromatic rings. The number of aromatic nitrogens is 1. The van der Waals surface area contributed by atoms with Crippen molar-refractivity contribution in [2.24, 2.45) is 0 Å². The molecule has 234 valence electrons. The number of amides is 2. The fraction of sp³-hybridized carbons (Fsp3) is 0.414. The number of hydrogen-bond acceptors (Lipinski definition) is 13. The van der Waals surface area contributed by atoms with E-state index in [2.05, 4.69) is 4.98 Å². The summed E-state index contributed by atoms with van der Waals surface area (Å²) in [5, 5.41) is 11.5. The second kappa shape index (κ2) is 17.3. The molecule has 3 heterocycles. The van der Waals surface area contributed by atoms with Crippen molar-refractivity contribution in [2.45, 2.75) is 55.3 Å². The normalized spacial score (nSPS) is 17.0. The number of benzene rings is 1. The van der Waals surface area contributed by atoms with Crippen LogP contribution in [0.3, 0.4) is 0 Å². The van der Waals surface area contributed by atoms with Crippen molar-refractivity contribution in [1.29, 1.82) is 0 Å². The quantitative estimate of drug-likeness (QED) is 0.0267. The molecular formula is C29H30N3NaO9S3. The minimum absolute atomic E-state index is 0. The summed E-state index contributed by atoms with van der Waals surface area (Å²) in [5.74, 6) is -4.39. The number of esters is 2. The van der Waals surface area contributed by atoms with Crippen LogP contribution in [0.5, 0.6) is 0 Å². The molecule has 0 aliphatic carbocycles. The van der Waals surface area contributed by atoms with Crippen LogP contribution in [-0.2, 0) is 38.2 Å². The van der Waals surface area contributed by atoms with Gasteiger partial charge in [-0.15, -0.1) is 23.1 Å². The Morgan fingerprint density at radius 2 is 1.82 bits per heavy atom. The van der Waals surface area contributed by atoms with Gasteiger partial charge in [0, 0.05) is 30.5 Å². The van der Waals surface area contributed by atoms with E-state index in [1.807, 2.05) is 24.3 Å². The first-order valence-corrected chi connectivity index (χ1v) is 16.7. The fourth-order valence-electron chi connectivity index (χ4n) is 4.63. The molecule has 0 spiro atoms. The molecule has 45 heavy (non-hydrogen) atoms. The van der Waals surface area contributed by atoms with Crippen LogP contribution in [0.1, 0.15) is 39.5 Å². The predicted molar refractivity (Wildman–Crippen MR) is 162 cm³/mol. The van der Waals surface area contributed by atoms with Crippen LogP contribution in [0.4, 0.5) is 0 Å². The second-order valence-electron chi connectivity index (χ2n) is 9.53. The van der Waals surface area contributed by atoms with Gasteiger partial charge in [0.1, 0.15) is 17.7 Å². The number of carboxylic acid groups (broad SMARTS) is 1. The van der Waals surface area contributed by atoms with Crippen LogP contribution < -0.4 is 34.7 Å². The number of unbranched alkanes of at least 4 members (excludes halogenated alkanes) is 2. The number of thiazole rings is 1. The molecule has 16 heteroatoms. The van der Waals surface area contributed by atoms with Crippen molar-refractivity contribution >= 4 is 81.1 Å². The Morgan fingerprint density at radius 1 is 1.13 bits per heavy atom.